The van der Waals surface area contributed by atoms with Crippen molar-refractivity contribution in [2.24, 2.45) is 0 Å². The second kappa shape index (κ2) is 6.50. The molecule has 0 atom stereocenters. The highest BCUT2D eigenvalue weighted by Crippen LogP contribution is 2.27. The Morgan fingerprint density at radius 1 is 1.36 bits per heavy atom. The van der Waals surface area contributed by atoms with Crippen LogP contribution in [-0.4, -0.2) is 33.9 Å². The summed E-state index contributed by atoms with van der Waals surface area (Å²) in [5, 5.41) is 0.911. The van der Waals surface area contributed by atoms with E-state index < -0.39 is 0 Å². The molecular formula is C15H13Cl2N3O2. The summed E-state index contributed by atoms with van der Waals surface area (Å²) in [6.07, 6.45) is 4.01. The summed E-state index contributed by atoms with van der Waals surface area (Å²) >= 11 is 11.8. The molecule has 7 heteroatoms. The first-order chi connectivity index (χ1) is 10.6. The Balaban J connectivity index is 1.61. The van der Waals surface area contributed by atoms with Gasteiger partial charge in [0, 0.05) is 36.3 Å². The first-order valence-corrected chi connectivity index (χ1v) is 7.52. The number of carbonyl (C=O) groups is 1. The molecule has 22 heavy (non-hydrogen) atoms. The lowest BCUT2D eigenvalue weighted by Crippen LogP contribution is -2.39. The van der Waals surface area contributed by atoms with Gasteiger partial charge in [0.2, 0.25) is 0 Å². The zero-order valence-corrected chi connectivity index (χ0v) is 13.1. The molecule has 0 spiro atoms. The zero-order valence-electron chi connectivity index (χ0n) is 11.6. The van der Waals surface area contributed by atoms with E-state index in [9.17, 15) is 4.79 Å². The normalized spacial score (nSPS) is 13.6. The molecule has 1 amide bonds. The number of ether oxygens (including phenoxy) is 1. The van der Waals surface area contributed by atoms with Crippen molar-refractivity contribution in [1.29, 1.82) is 0 Å². The Morgan fingerprint density at radius 3 is 3.05 bits per heavy atom. The van der Waals surface area contributed by atoms with E-state index in [4.69, 9.17) is 27.9 Å². The molecular weight excluding hydrogens is 325 g/mol. The topological polar surface area (TPSA) is 55.3 Å². The standard InChI is InChI=1S/C15H13Cl2N3O2/c16-11-1-2-14(12(17)5-11)22-8-15(21)20-4-3-13-10(7-20)6-18-9-19-13/h1-2,5-6,9H,3-4,7-8H2. The number of aromatic nitrogens is 2. The highest BCUT2D eigenvalue weighted by atomic mass is 35.5. The Bertz CT molecular complexity index is 709. The quantitative estimate of drug-likeness (QED) is 0.864. The number of rotatable bonds is 3. The van der Waals surface area contributed by atoms with E-state index in [2.05, 4.69) is 9.97 Å². The molecule has 0 N–H and O–H groups in total. The lowest BCUT2D eigenvalue weighted by Gasteiger charge is -2.27. The number of amides is 1. The van der Waals surface area contributed by atoms with Crippen LogP contribution in [0.15, 0.2) is 30.7 Å². The fourth-order valence-corrected chi connectivity index (χ4v) is 2.77. The van der Waals surface area contributed by atoms with E-state index in [-0.39, 0.29) is 12.5 Å². The van der Waals surface area contributed by atoms with E-state index in [1.807, 2.05) is 0 Å². The smallest absolute Gasteiger partial charge is 0.260 e. The third kappa shape index (κ3) is 3.31. The molecule has 0 unspecified atom stereocenters. The van der Waals surface area contributed by atoms with Crippen molar-refractivity contribution < 1.29 is 9.53 Å². The summed E-state index contributed by atoms with van der Waals surface area (Å²) < 4.78 is 5.48. The molecule has 0 aliphatic carbocycles. The van der Waals surface area contributed by atoms with Gasteiger partial charge in [-0.3, -0.25) is 4.79 Å². The van der Waals surface area contributed by atoms with Gasteiger partial charge in [-0.15, -0.1) is 0 Å². The largest absolute Gasteiger partial charge is 0.482 e. The van der Waals surface area contributed by atoms with Crippen LogP contribution in [0.25, 0.3) is 0 Å². The van der Waals surface area contributed by atoms with Crippen LogP contribution < -0.4 is 4.74 Å². The summed E-state index contributed by atoms with van der Waals surface area (Å²) in [6, 6.07) is 4.90. The van der Waals surface area contributed by atoms with Crippen molar-refractivity contribution in [3.05, 3.63) is 52.0 Å². The van der Waals surface area contributed by atoms with Gasteiger partial charge in [0.05, 0.1) is 10.7 Å². The Morgan fingerprint density at radius 2 is 2.23 bits per heavy atom. The molecule has 2 aromatic rings. The van der Waals surface area contributed by atoms with E-state index in [0.29, 0.717) is 28.9 Å². The Hall–Kier alpha value is -1.85. The molecule has 0 fully saturated rings. The molecule has 0 saturated heterocycles. The summed E-state index contributed by atoms with van der Waals surface area (Å²) in [4.78, 5) is 22.2. The van der Waals surface area contributed by atoms with Crippen molar-refractivity contribution in [2.45, 2.75) is 13.0 Å². The van der Waals surface area contributed by atoms with Crippen LogP contribution in [0.3, 0.4) is 0 Å². The maximum Gasteiger partial charge on any atom is 0.260 e. The fraction of sp³-hybridized carbons (Fsp3) is 0.267. The number of fused-ring (bicyclic) bond motifs is 1. The van der Waals surface area contributed by atoms with Crippen molar-refractivity contribution >= 4 is 29.1 Å². The molecule has 114 valence electrons. The van der Waals surface area contributed by atoms with Crippen LogP contribution in [0, 0.1) is 0 Å². The molecule has 0 radical (unpaired) electrons. The number of hydrogen-bond donors (Lipinski definition) is 0. The minimum Gasteiger partial charge on any atom is -0.482 e. The van der Waals surface area contributed by atoms with Crippen LogP contribution in [0.1, 0.15) is 11.3 Å². The predicted octanol–water partition coefficient (Wildman–Crippen LogP) is 2.75. The van der Waals surface area contributed by atoms with Gasteiger partial charge in [-0.05, 0) is 18.2 Å². The summed E-state index contributed by atoms with van der Waals surface area (Å²) in [6.45, 7) is 1.07. The molecule has 1 aliphatic heterocycles. The van der Waals surface area contributed by atoms with Gasteiger partial charge in [-0.25, -0.2) is 9.97 Å². The minimum absolute atomic E-state index is 0.0651. The van der Waals surface area contributed by atoms with E-state index in [1.165, 1.54) is 6.33 Å². The Labute approximate surface area is 137 Å². The number of carbonyl (C=O) groups excluding carboxylic acids is 1. The highest BCUT2D eigenvalue weighted by molar-refractivity contribution is 6.35. The summed E-state index contributed by atoms with van der Waals surface area (Å²) in [7, 11) is 0. The molecule has 5 nitrogen and oxygen atoms in total. The minimum atomic E-state index is -0.0967. The van der Waals surface area contributed by atoms with Gasteiger partial charge in [-0.2, -0.15) is 0 Å². The molecule has 0 saturated carbocycles. The second-order valence-electron chi connectivity index (χ2n) is 4.92. The van der Waals surface area contributed by atoms with E-state index in [0.717, 1.165) is 17.7 Å². The third-order valence-corrected chi connectivity index (χ3v) is 3.99. The predicted molar refractivity (Wildman–Crippen MR) is 83.1 cm³/mol. The van der Waals surface area contributed by atoms with Crippen molar-refractivity contribution in [1.82, 2.24) is 14.9 Å². The lowest BCUT2D eigenvalue weighted by molar-refractivity contribution is -0.134. The molecule has 2 heterocycles. The monoisotopic (exact) mass is 337 g/mol. The molecule has 0 bridgehead atoms. The maximum absolute atomic E-state index is 12.3. The van der Waals surface area contributed by atoms with Crippen molar-refractivity contribution in [2.75, 3.05) is 13.2 Å². The molecule has 3 rings (SSSR count). The molecule has 1 aromatic heterocycles. The fourth-order valence-electron chi connectivity index (χ4n) is 2.30. The maximum atomic E-state index is 12.3. The van der Waals surface area contributed by atoms with E-state index in [1.54, 1.807) is 29.3 Å². The number of halogens is 2. The van der Waals surface area contributed by atoms with Gasteiger partial charge in [0.15, 0.2) is 6.61 Å². The van der Waals surface area contributed by atoms with Gasteiger partial charge < -0.3 is 9.64 Å². The Kier molecular flexibility index (Phi) is 4.45. The SMILES string of the molecule is O=C(COc1ccc(Cl)cc1Cl)N1CCc2ncncc2C1. The average Bonchev–Trinajstić information content (AvgIpc) is 2.53. The summed E-state index contributed by atoms with van der Waals surface area (Å²) in [5.74, 6) is 0.348. The van der Waals surface area contributed by atoms with E-state index >= 15 is 0 Å². The number of nitrogens with zero attached hydrogens (tertiary/aromatic N) is 3. The molecule has 1 aromatic carbocycles. The van der Waals surface area contributed by atoms with Crippen LogP contribution in [-0.2, 0) is 17.8 Å². The van der Waals surface area contributed by atoms with Crippen LogP contribution in [0.4, 0.5) is 0 Å². The van der Waals surface area contributed by atoms with Crippen molar-refractivity contribution in [3.8, 4) is 5.75 Å². The third-order valence-electron chi connectivity index (χ3n) is 3.46. The number of benzene rings is 1. The van der Waals surface area contributed by atoms with Crippen LogP contribution in [0.5, 0.6) is 5.75 Å². The van der Waals surface area contributed by atoms with Crippen LogP contribution >= 0.6 is 23.2 Å². The van der Waals surface area contributed by atoms with Crippen LogP contribution in [0.2, 0.25) is 10.0 Å². The summed E-state index contributed by atoms with van der Waals surface area (Å²) in [5.41, 5.74) is 1.98. The number of hydrogen-bond acceptors (Lipinski definition) is 4. The second-order valence-corrected chi connectivity index (χ2v) is 5.77. The first-order valence-electron chi connectivity index (χ1n) is 6.77. The van der Waals surface area contributed by atoms with Gasteiger partial charge >= 0.3 is 0 Å². The zero-order chi connectivity index (χ0) is 15.5. The lowest BCUT2D eigenvalue weighted by atomic mass is 10.1. The van der Waals surface area contributed by atoms with Gasteiger partial charge in [0.1, 0.15) is 12.1 Å². The highest BCUT2D eigenvalue weighted by Gasteiger charge is 2.22. The molecule has 1 aliphatic rings. The van der Waals surface area contributed by atoms with Gasteiger partial charge in [0.25, 0.3) is 5.91 Å². The van der Waals surface area contributed by atoms with Crippen molar-refractivity contribution in [3.63, 3.8) is 0 Å². The first kappa shape index (κ1) is 15.1. The average molecular weight is 338 g/mol. The van der Waals surface area contributed by atoms with Gasteiger partial charge in [-0.1, -0.05) is 23.2 Å².